The third-order valence-electron chi connectivity index (χ3n) is 5.83. The number of carbonyl (C=O) groups excluding carboxylic acids is 1. The van der Waals surface area contributed by atoms with Gasteiger partial charge in [-0.15, -0.1) is 0 Å². The fourth-order valence-corrected chi connectivity index (χ4v) is 4.11. The van der Waals surface area contributed by atoms with Crippen LogP contribution in [-0.2, 0) is 6.54 Å². The smallest absolute Gasteiger partial charge is 0.254 e. The van der Waals surface area contributed by atoms with E-state index in [0.29, 0.717) is 5.82 Å². The number of anilines is 1. The maximum Gasteiger partial charge on any atom is 0.254 e. The number of nitrogens with one attached hydrogen (secondary N) is 2. The summed E-state index contributed by atoms with van der Waals surface area (Å²) in [5, 5.41) is 11.7. The van der Waals surface area contributed by atoms with Crippen molar-refractivity contribution >= 4 is 22.8 Å². The van der Waals surface area contributed by atoms with Crippen LogP contribution in [0.4, 0.5) is 10.2 Å². The van der Waals surface area contributed by atoms with Crippen molar-refractivity contribution in [2.75, 3.05) is 18.8 Å². The Hall–Kier alpha value is -3.92. The Labute approximate surface area is 189 Å². The monoisotopic (exact) mass is 446 g/mol. The number of piperidine rings is 1. The highest BCUT2D eigenvalue weighted by Gasteiger charge is 2.23. The first-order valence-electron chi connectivity index (χ1n) is 10.8. The third kappa shape index (κ3) is 4.12. The predicted molar refractivity (Wildman–Crippen MR) is 122 cm³/mol. The molecule has 9 nitrogen and oxygen atoms in total. The van der Waals surface area contributed by atoms with Gasteiger partial charge in [0.05, 0.1) is 23.2 Å². The number of amides is 1. The highest BCUT2D eigenvalue weighted by atomic mass is 19.1. The second-order valence-corrected chi connectivity index (χ2v) is 7.99. The van der Waals surface area contributed by atoms with Gasteiger partial charge in [0, 0.05) is 24.8 Å². The van der Waals surface area contributed by atoms with E-state index in [-0.39, 0.29) is 18.2 Å². The van der Waals surface area contributed by atoms with Gasteiger partial charge in [0.25, 0.3) is 5.91 Å². The van der Waals surface area contributed by atoms with Gasteiger partial charge < -0.3 is 16.4 Å². The number of benzene rings is 1. The normalized spacial score (nSPS) is 16.1. The lowest BCUT2D eigenvalue weighted by Crippen LogP contribution is -2.32. The van der Waals surface area contributed by atoms with Crippen molar-refractivity contribution in [1.82, 2.24) is 35.4 Å². The largest absolute Gasteiger partial charge is 0.383 e. The van der Waals surface area contributed by atoms with E-state index in [9.17, 15) is 9.18 Å². The molecule has 3 aromatic heterocycles. The molecule has 0 aliphatic carbocycles. The van der Waals surface area contributed by atoms with Crippen LogP contribution < -0.4 is 16.4 Å². The first-order chi connectivity index (χ1) is 16.1. The summed E-state index contributed by atoms with van der Waals surface area (Å²) in [4.78, 5) is 24.5. The third-order valence-corrected chi connectivity index (χ3v) is 5.83. The van der Waals surface area contributed by atoms with Crippen molar-refractivity contribution in [1.29, 1.82) is 0 Å². The van der Waals surface area contributed by atoms with Gasteiger partial charge >= 0.3 is 0 Å². The molecule has 1 fully saturated rings. The molecular formula is C23H23FN8O. The molecule has 5 rings (SSSR count). The summed E-state index contributed by atoms with van der Waals surface area (Å²) in [6.07, 6.45) is 5.96. The van der Waals surface area contributed by atoms with Crippen molar-refractivity contribution < 1.29 is 9.18 Å². The van der Waals surface area contributed by atoms with Gasteiger partial charge in [0.15, 0.2) is 11.5 Å². The topological polar surface area (TPSA) is 124 Å². The second kappa shape index (κ2) is 8.91. The molecule has 0 radical (unpaired) electrons. The van der Waals surface area contributed by atoms with Crippen LogP contribution in [0.15, 0.2) is 49.1 Å². The number of fused-ring (bicyclic) bond motifs is 1. The van der Waals surface area contributed by atoms with Gasteiger partial charge in [0.1, 0.15) is 17.8 Å². The maximum absolute atomic E-state index is 13.7. The van der Waals surface area contributed by atoms with E-state index < -0.39 is 11.7 Å². The number of pyridine rings is 1. The molecule has 0 unspecified atom stereocenters. The van der Waals surface area contributed by atoms with E-state index in [1.807, 2.05) is 28.9 Å². The van der Waals surface area contributed by atoms with E-state index in [2.05, 4.69) is 25.6 Å². The van der Waals surface area contributed by atoms with Crippen LogP contribution in [0.25, 0.3) is 22.3 Å². The highest BCUT2D eigenvalue weighted by molar-refractivity contribution is 5.98. The van der Waals surface area contributed by atoms with Gasteiger partial charge in [-0.3, -0.25) is 9.78 Å². The SMILES string of the molecule is Nc1ncnc2c1c(-c1ccc(CNC(=O)c3ccncc3F)cc1)nn2[C@@H]1CCCNC1. The van der Waals surface area contributed by atoms with E-state index in [1.165, 1.54) is 18.6 Å². The van der Waals surface area contributed by atoms with Crippen molar-refractivity contribution in [3.8, 4) is 11.3 Å². The van der Waals surface area contributed by atoms with Gasteiger partial charge in [-0.25, -0.2) is 19.0 Å². The zero-order valence-corrected chi connectivity index (χ0v) is 17.8. The van der Waals surface area contributed by atoms with Crippen molar-refractivity contribution in [3.63, 3.8) is 0 Å². The second-order valence-electron chi connectivity index (χ2n) is 7.99. The summed E-state index contributed by atoms with van der Waals surface area (Å²) in [5.41, 5.74) is 9.37. The molecule has 4 aromatic rings. The summed E-state index contributed by atoms with van der Waals surface area (Å²) in [5.74, 6) is -0.753. The lowest BCUT2D eigenvalue weighted by atomic mass is 10.1. The number of nitrogens with zero attached hydrogens (tertiary/aromatic N) is 5. The molecule has 1 atom stereocenters. The maximum atomic E-state index is 13.7. The molecular weight excluding hydrogens is 423 g/mol. The lowest BCUT2D eigenvalue weighted by Gasteiger charge is -2.23. The van der Waals surface area contributed by atoms with E-state index >= 15 is 0 Å². The van der Waals surface area contributed by atoms with Crippen LogP contribution >= 0.6 is 0 Å². The van der Waals surface area contributed by atoms with E-state index in [0.717, 1.165) is 60.0 Å². The predicted octanol–water partition coefficient (Wildman–Crippen LogP) is 2.46. The Morgan fingerprint density at radius 1 is 1.24 bits per heavy atom. The highest BCUT2D eigenvalue weighted by Crippen LogP contribution is 2.32. The number of nitrogens with two attached hydrogens (primary N) is 1. The molecule has 33 heavy (non-hydrogen) atoms. The van der Waals surface area contributed by atoms with Crippen LogP contribution in [0.3, 0.4) is 0 Å². The molecule has 168 valence electrons. The molecule has 0 spiro atoms. The summed E-state index contributed by atoms with van der Waals surface area (Å²) >= 11 is 0. The number of carbonyl (C=O) groups is 1. The summed E-state index contributed by atoms with van der Waals surface area (Å²) in [6.45, 7) is 2.09. The van der Waals surface area contributed by atoms with Gasteiger partial charge in [-0.2, -0.15) is 5.10 Å². The number of hydrogen-bond acceptors (Lipinski definition) is 7. The van der Waals surface area contributed by atoms with Crippen LogP contribution in [0.5, 0.6) is 0 Å². The first kappa shape index (κ1) is 21.0. The quantitative estimate of drug-likeness (QED) is 0.430. The molecule has 0 saturated carbocycles. The standard InChI is InChI=1S/C23H23FN8O/c24-18-12-27-9-7-17(18)23(33)28-10-14-3-5-15(6-4-14)20-19-21(25)29-13-30-22(19)32(31-20)16-2-1-8-26-11-16/h3-7,9,12-13,16,26H,1-2,8,10-11H2,(H,28,33)(H2,25,29,30)/t16-/m1/s1. The molecule has 1 aliphatic heterocycles. The van der Waals surface area contributed by atoms with E-state index in [4.69, 9.17) is 10.8 Å². The average Bonchev–Trinajstić information content (AvgIpc) is 3.25. The number of halogens is 1. The van der Waals surface area contributed by atoms with Crippen LogP contribution in [-0.4, -0.2) is 43.7 Å². The molecule has 0 bridgehead atoms. The fourth-order valence-electron chi connectivity index (χ4n) is 4.11. The zero-order valence-electron chi connectivity index (χ0n) is 17.8. The Morgan fingerprint density at radius 2 is 2.09 bits per heavy atom. The van der Waals surface area contributed by atoms with Crippen molar-refractivity contribution in [2.24, 2.45) is 0 Å². The molecule has 1 amide bonds. The molecule has 1 aliphatic rings. The Morgan fingerprint density at radius 3 is 2.85 bits per heavy atom. The summed E-state index contributed by atoms with van der Waals surface area (Å²) < 4.78 is 15.7. The molecule has 4 heterocycles. The van der Waals surface area contributed by atoms with Crippen molar-refractivity contribution in [3.05, 3.63) is 66.0 Å². The number of rotatable bonds is 5. The average molecular weight is 446 g/mol. The lowest BCUT2D eigenvalue weighted by molar-refractivity contribution is 0.0946. The van der Waals surface area contributed by atoms with Crippen LogP contribution in [0, 0.1) is 5.82 Å². The Bertz CT molecular complexity index is 1300. The first-order valence-corrected chi connectivity index (χ1v) is 10.8. The molecule has 1 saturated heterocycles. The van der Waals surface area contributed by atoms with Gasteiger partial charge in [-0.1, -0.05) is 24.3 Å². The molecule has 10 heteroatoms. The van der Waals surface area contributed by atoms with Gasteiger partial charge in [-0.05, 0) is 31.0 Å². The minimum atomic E-state index is -0.652. The minimum Gasteiger partial charge on any atom is -0.383 e. The number of nitrogen functional groups attached to an aromatic ring is 1. The summed E-state index contributed by atoms with van der Waals surface area (Å²) in [7, 11) is 0. The minimum absolute atomic E-state index is 0.0358. The molecule has 4 N–H and O–H groups in total. The van der Waals surface area contributed by atoms with Gasteiger partial charge in [0.2, 0.25) is 0 Å². The van der Waals surface area contributed by atoms with Crippen LogP contribution in [0.1, 0.15) is 34.8 Å². The summed E-state index contributed by atoms with van der Waals surface area (Å²) in [6, 6.07) is 9.19. The fraction of sp³-hybridized carbons (Fsp3) is 0.261. The Balaban J connectivity index is 1.39. The number of hydrogen-bond donors (Lipinski definition) is 3. The zero-order chi connectivity index (χ0) is 22.8. The van der Waals surface area contributed by atoms with E-state index in [1.54, 1.807) is 0 Å². The van der Waals surface area contributed by atoms with Crippen LogP contribution in [0.2, 0.25) is 0 Å². The Kier molecular flexibility index (Phi) is 5.66. The molecule has 1 aromatic carbocycles. The van der Waals surface area contributed by atoms with Crippen molar-refractivity contribution in [2.45, 2.75) is 25.4 Å². The number of aromatic nitrogens is 5.